The standard InChI is InChI=1S/C9H10ClNO4/c1-4(12)9(11-15)5-2-7(13)8(14)3-6(5)10/h2-3,9,11,13-15H,1H3. The summed E-state index contributed by atoms with van der Waals surface area (Å²) in [5.74, 6) is -1.16. The Hall–Kier alpha value is -1.30. The smallest absolute Gasteiger partial charge is 0.158 e. The molecule has 0 amide bonds. The van der Waals surface area contributed by atoms with Crippen LogP contribution in [0.5, 0.6) is 11.5 Å². The quantitative estimate of drug-likeness (QED) is 0.466. The topological polar surface area (TPSA) is 89.8 Å². The number of rotatable bonds is 3. The monoisotopic (exact) mass is 231 g/mol. The molecule has 0 aliphatic heterocycles. The molecule has 0 spiro atoms. The zero-order valence-corrected chi connectivity index (χ0v) is 8.62. The lowest BCUT2D eigenvalue weighted by molar-refractivity contribution is -0.121. The van der Waals surface area contributed by atoms with Gasteiger partial charge in [-0.25, -0.2) is 0 Å². The molecular weight excluding hydrogens is 222 g/mol. The summed E-state index contributed by atoms with van der Waals surface area (Å²) in [6.45, 7) is 1.26. The summed E-state index contributed by atoms with van der Waals surface area (Å²) in [6, 6.07) is 1.19. The summed E-state index contributed by atoms with van der Waals surface area (Å²) in [5, 5.41) is 27.2. The highest BCUT2D eigenvalue weighted by molar-refractivity contribution is 6.31. The second-order valence-electron chi connectivity index (χ2n) is 3.04. The molecule has 0 aliphatic rings. The number of carbonyl (C=O) groups excluding carboxylic acids is 1. The number of hydrogen-bond donors (Lipinski definition) is 4. The Morgan fingerprint density at radius 3 is 2.40 bits per heavy atom. The lowest BCUT2D eigenvalue weighted by Crippen LogP contribution is -2.24. The fraction of sp³-hybridized carbons (Fsp3) is 0.222. The zero-order chi connectivity index (χ0) is 11.6. The summed E-state index contributed by atoms with van der Waals surface area (Å²) in [5.41, 5.74) is 1.97. The van der Waals surface area contributed by atoms with E-state index in [-0.39, 0.29) is 22.1 Å². The molecule has 0 radical (unpaired) electrons. The number of phenols is 2. The van der Waals surface area contributed by atoms with Crippen molar-refractivity contribution in [1.82, 2.24) is 5.48 Å². The van der Waals surface area contributed by atoms with Crippen molar-refractivity contribution in [2.45, 2.75) is 13.0 Å². The predicted molar refractivity (Wildman–Crippen MR) is 53.1 cm³/mol. The molecule has 0 heterocycles. The van der Waals surface area contributed by atoms with Gasteiger partial charge >= 0.3 is 0 Å². The van der Waals surface area contributed by atoms with Crippen molar-refractivity contribution in [3.05, 3.63) is 22.7 Å². The van der Waals surface area contributed by atoms with E-state index in [0.717, 1.165) is 12.1 Å². The largest absolute Gasteiger partial charge is 0.504 e. The third kappa shape index (κ3) is 2.38. The second kappa shape index (κ2) is 4.48. The van der Waals surface area contributed by atoms with Gasteiger partial charge in [0.15, 0.2) is 17.3 Å². The van der Waals surface area contributed by atoms with Crippen molar-refractivity contribution in [2.75, 3.05) is 0 Å². The molecular formula is C9H10ClNO4. The van der Waals surface area contributed by atoms with Gasteiger partial charge in [-0.2, -0.15) is 5.48 Å². The lowest BCUT2D eigenvalue weighted by Gasteiger charge is -2.14. The van der Waals surface area contributed by atoms with Crippen LogP contribution in [0, 0.1) is 0 Å². The highest BCUT2D eigenvalue weighted by atomic mass is 35.5. The van der Waals surface area contributed by atoms with E-state index < -0.39 is 11.8 Å². The molecule has 0 fully saturated rings. The van der Waals surface area contributed by atoms with E-state index in [1.165, 1.54) is 6.92 Å². The maximum Gasteiger partial charge on any atom is 0.158 e. The van der Waals surface area contributed by atoms with E-state index in [4.69, 9.17) is 21.9 Å². The van der Waals surface area contributed by atoms with Crippen LogP contribution in [-0.4, -0.2) is 21.2 Å². The highest BCUT2D eigenvalue weighted by Crippen LogP contribution is 2.34. The van der Waals surface area contributed by atoms with Gasteiger partial charge in [-0.1, -0.05) is 11.6 Å². The van der Waals surface area contributed by atoms with Crippen molar-refractivity contribution in [3.63, 3.8) is 0 Å². The molecule has 1 atom stereocenters. The van der Waals surface area contributed by atoms with E-state index in [2.05, 4.69) is 0 Å². The molecule has 1 aromatic rings. The number of carbonyl (C=O) groups is 1. The Morgan fingerprint density at radius 1 is 1.40 bits per heavy atom. The first-order valence-electron chi connectivity index (χ1n) is 4.08. The van der Waals surface area contributed by atoms with Crippen LogP contribution in [0.2, 0.25) is 5.02 Å². The van der Waals surface area contributed by atoms with Crippen LogP contribution in [0.1, 0.15) is 18.5 Å². The number of aromatic hydroxyl groups is 2. The minimum absolute atomic E-state index is 0.0760. The van der Waals surface area contributed by atoms with E-state index in [0.29, 0.717) is 0 Å². The third-order valence-corrected chi connectivity index (χ3v) is 2.27. The van der Waals surface area contributed by atoms with Crippen LogP contribution < -0.4 is 5.48 Å². The Kier molecular flexibility index (Phi) is 3.52. The van der Waals surface area contributed by atoms with Gasteiger partial charge in [0.05, 0.1) is 0 Å². The number of nitrogens with one attached hydrogen (secondary N) is 1. The van der Waals surface area contributed by atoms with Crippen molar-refractivity contribution >= 4 is 17.4 Å². The van der Waals surface area contributed by atoms with Crippen LogP contribution in [0.4, 0.5) is 0 Å². The van der Waals surface area contributed by atoms with Gasteiger partial charge in [0, 0.05) is 16.7 Å². The van der Waals surface area contributed by atoms with E-state index in [9.17, 15) is 9.90 Å². The van der Waals surface area contributed by atoms with E-state index in [1.807, 2.05) is 0 Å². The fourth-order valence-corrected chi connectivity index (χ4v) is 1.44. The number of phenolic OH excluding ortho intramolecular Hbond substituents is 2. The van der Waals surface area contributed by atoms with Gasteiger partial charge in [0.1, 0.15) is 6.04 Å². The number of hydrogen-bond acceptors (Lipinski definition) is 5. The van der Waals surface area contributed by atoms with Gasteiger partial charge < -0.3 is 15.4 Å². The molecule has 82 valence electrons. The number of hydroxylamine groups is 1. The molecule has 0 aliphatic carbocycles. The summed E-state index contributed by atoms with van der Waals surface area (Å²) in [7, 11) is 0. The minimum Gasteiger partial charge on any atom is -0.504 e. The maximum absolute atomic E-state index is 11.1. The molecule has 15 heavy (non-hydrogen) atoms. The van der Waals surface area contributed by atoms with Gasteiger partial charge in [0.25, 0.3) is 0 Å². The predicted octanol–water partition coefficient (Wildman–Crippen LogP) is 1.36. The van der Waals surface area contributed by atoms with Crippen molar-refractivity contribution in [1.29, 1.82) is 0 Å². The minimum atomic E-state index is -1.02. The van der Waals surface area contributed by atoms with Crippen molar-refractivity contribution in [3.8, 4) is 11.5 Å². The Morgan fingerprint density at radius 2 is 1.93 bits per heavy atom. The van der Waals surface area contributed by atoms with Gasteiger partial charge in [-0.3, -0.25) is 4.79 Å². The first-order valence-corrected chi connectivity index (χ1v) is 4.46. The first kappa shape index (κ1) is 11.8. The average Bonchev–Trinajstić information content (AvgIpc) is 2.14. The molecule has 5 nitrogen and oxygen atoms in total. The molecule has 0 aromatic heterocycles. The van der Waals surface area contributed by atoms with Crippen molar-refractivity contribution in [2.24, 2.45) is 0 Å². The van der Waals surface area contributed by atoms with Crippen LogP contribution in [0.3, 0.4) is 0 Å². The molecule has 0 bridgehead atoms. The van der Waals surface area contributed by atoms with Crippen LogP contribution in [0.25, 0.3) is 0 Å². The van der Waals surface area contributed by atoms with E-state index >= 15 is 0 Å². The normalized spacial score (nSPS) is 12.5. The van der Waals surface area contributed by atoms with Gasteiger partial charge in [-0.15, -0.1) is 0 Å². The van der Waals surface area contributed by atoms with Crippen molar-refractivity contribution < 1.29 is 20.2 Å². The van der Waals surface area contributed by atoms with Gasteiger partial charge in [0.2, 0.25) is 0 Å². The highest BCUT2D eigenvalue weighted by Gasteiger charge is 2.20. The molecule has 1 unspecified atom stereocenters. The summed E-state index contributed by atoms with van der Waals surface area (Å²) in [6.07, 6.45) is 0. The van der Waals surface area contributed by atoms with Crippen LogP contribution in [0.15, 0.2) is 12.1 Å². The Labute approximate surface area is 90.9 Å². The molecule has 6 heteroatoms. The molecule has 0 saturated heterocycles. The molecule has 0 saturated carbocycles. The first-order chi connectivity index (χ1) is 6.97. The van der Waals surface area contributed by atoms with E-state index in [1.54, 1.807) is 5.48 Å². The average molecular weight is 232 g/mol. The zero-order valence-electron chi connectivity index (χ0n) is 7.86. The molecule has 4 N–H and O–H groups in total. The maximum atomic E-state index is 11.1. The number of Topliss-reactive ketones (excluding diaryl/α,β-unsaturated/α-hetero) is 1. The van der Waals surface area contributed by atoms with Crippen LogP contribution >= 0.6 is 11.6 Å². The summed E-state index contributed by atoms with van der Waals surface area (Å²) >= 11 is 5.74. The van der Waals surface area contributed by atoms with Crippen LogP contribution in [-0.2, 0) is 4.79 Å². The second-order valence-corrected chi connectivity index (χ2v) is 3.44. The fourth-order valence-electron chi connectivity index (χ4n) is 1.17. The molecule has 1 rings (SSSR count). The third-order valence-electron chi connectivity index (χ3n) is 1.94. The molecule has 1 aromatic carbocycles. The lowest BCUT2D eigenvalue weighted by atomic mass is 10.0. The Bertz CT molecular complexity index is 394. The number of benzene rings is 1. The van der Waals surface area contributed by atoms with Gasteiger partial charge in [-0.05, 0) is 13.0 Å². The summed E-state index contributed by atoms with van der Waals surface area (Å²) in [4.78, 5) is 11.1. The number of halogens is 1. The number of ketones is 1. The summed E-state index contributed by atoms with van der Waals surface area (Å²) < 4.78 is 0. The Balaban J connectivity index is 3.24. The SMILES string of the molecule is CC(=O)C(NO)c1cc(O)c(O)cc1Cl.